The summed E-state index contributed by atoms with van der Waals surface area (Å²) in [5.74, 6) is -0.499. The van der Waals surface area contributed by atoms with Crippen molar-refractivity contribution in [3.05, 3.63) is 71.4 Å². The number of hydrogen-bond acceptors (Lipinski definition) is 4. The number of benzene rings is 2. The number of nitrogens with one attached hydrogen (secondary N) is 1. The molecule has 0 aliphatic heterocycles. The molecule has 3 N–H and O–H groups in total. The highest BCUT2D eigenvalue weighted by Crippen LogP contribution is 2.30. The number of aromatic nitrogens is 2. The van der Waals surface area contributed by atoms with E-state index in [4.69, 9.17) is 10.5 Å². The monoisotopic (exact) mass is 378 g/mol. The first kappa shape index (κ1) is 19.2. The molecule has 3 rings (SSSR count). The van der Waals surface area contributed by atoms with Gasteiger partial charge in [-0.05, 0) is 31.5 Å². The van der Waals surface area contributed by atoms with Gasteiger partial charge >= 0.3 is 6.09 Å². The normalized spacial score (nSPS) is 11.7. The standard InChI is InChI=1S/C21H22N4O3/c1-13-18(23-21(27)28-14(2)15-7-5-4-6-8-15)19(24-25(13)3)16-9-11-17(12-10-16)20(22)26/h4-12,14H,1-3H3,(H2,22,26)(H,23,27). The van der Waals surface area contributed by atoms with Gasteiger partial charge in [0, 0.05) is 18.2 Å². The fourth-order valence-corrected chi connectivity index (χ4v) is 2.84. The number of primary amides is 1. The average Bonchev–Trinajstić information content (AvgIpc) is 2.97. The zero-order chi connectivity index (χ0) is 20.3. The van der Waals surface area contributed by atoms with Gasteiger partial charge in [0.2, 0.25) is 5.91 Å². The maximum absolute atomic E-state index is 12.5. The number of anilines is 1. The number of rotatable bonds is 5. The second kappa shape index (κ2) is 7.96. The molecule has 0 aliphatic rings. The van der Waals surface area contributed by atoms with Crippen molar-refractivity contribution in [1.29, 1.82) is 0 Å². The minimum Gasteiger partial charge on any atom is -0.441 e. The molecule has 3 aromatic rings. The van der Waals surface area contributed by atoms with Crippen LogP contribution in [0.4, 0.5) is 10.5 Å². The van der Waals surface area contributed by atoms with E-state index in [1.165, 1.54) is 0 Å². The molecule has 1 aromatic heterocycles. The van der Waals surface area contributed by atoms with E-state index in [0.29, 0.717) is 16.9 Å². The molecular formula is C21H22N4O3. The summed E-state index contributed by atoms with van der Waals surface area (Å²) in [6, 6.07) is 16.2. The Kier molecular flexibility index (Phi) is 5.44. The topological polar surface area (TPSA) is 99.2 Å². The Morgan fingerprint density at radius 2 is 1.75 bits per heavy atom. The lowest BCUT2D eigenvalue weighted by Gasteiger charge is -2.14. The van der Waals surface area contributed by atoms with Crippen LogP contribution in [0.5, 0.6) is 0 Å². The van der Waals surface area contributed by atoms with Gasteiger partial charge in [-0.2, -0.15) is 5.10 Å². The van der Waals surface area contributed by atoms with E-state index in [2.05, 4.69) is 10.4 Å². The van der Waals surface area contributed by atoms with Gasteiger partial charge in [0.25, 0.3) is 0 Å². The summed E-state index contributed by atoms with van der Waals surface area (Å²) in [4.78, 5) is 23.7. The molecular weight excluding hydrogens is 356 g/mol. The lowest BCUT2D eigenvalue weighted by Crippen LogP contribution is -2.17. The second-order valence-corrected chi connectivity index (χ2v) is 6.46. The minimum absolute atomic E-state index is 0.392. The zero-order valence-electron chi connectivity index (χ0n) is 16.0. The maximum Gasteiger partial charge on any atom is 0.412 e. The van der Waals surface area contributed by atoms with Crippen LogP contribution in [0.1, 0.15) is 34.6 Å². The van der Waals surface area contributed by atoms with Crippen molar-refractivity contribution in [2.45, 2.75) is 20.0 Å². The maximum atomic E-state index is 12.5. The Morgan fingerprint density at radius 3 is 2.36 bits per heavy atom. The van der Waals surface area contributed by atoms with Gasteiger partial charge in [-0.25, -0.2) is 4.79 Å². The fraction of sp³-hybridized carbons (Fsp3) is 0.190. The van der Waals surface area contributed by atoms with Gasteiger partial charge in [0.1, 0.15) is 11.8 Å². The first-order valence-electron chi connectivity index (χ1n) is 8.83. The van der Waals surface area contributed by atoms with Crippen LogP contribution >= 0.6 is 0 Å². The van der Waals surface area contributed by atoms with Crippen LogP contribution < -0.4 is 11.1 Å². The molecule has 7 nitrogen and oxygen atoms in total. The van der Waals surface area contributed by atoms with Crippen LogP contribution in [0.3, 0.4) is 0 Å². The third kappa shape index (κ3) is 4.03. The molecule has 144 valence electrons. The molecule has 0 saturated heterocycles. The number of amides is 2. The summed E-state index contributed by atoms with van der Waals surface area (Å²) in [6.45, 7) is 3.67. The van der Waals surface area contributed by atoms with Crippen molar-refractivity contribution in [3.63, 3.8) is 0 Å². The summed E-state index contributed by atoms with van der Waals surface area (Å²) < 4.78 is 7.17. The third-order valence-corrected chi connectivity index (χ3v) is 4.56. The van der Waals surface area contributed by atoms with Gasteiger partial charge in [-0.1, -0.05) is 42.5 Å². The van der Waals surface area contributed by atoms with Crippen LogP contribution in [0.15, 0.2) is 54.6 Å². The van der Waals surface area contributed by atoms with Crippen LogP contribution in [0.2, 0.25) is 0 Å². The van der Waals surface area contributed by atoms with Gasteiger partial charge in [-0.15, -0.1) is 0 Å². The van der Waals surface area contributed by atoms with E-state index < -0.39 is 18.1 Å². The summed E-state index contributed by atoms with van der Waals surface area (Å²) in [7, 11) is 1.79. The number of nitrogens with zero attached hydrogens (tertiary/aromatic N) is 2. The minimum atomic E-state index is -0.567. The SMILES string of the molecule is Cc1c(NC(=O)OC(C)c2ccccc2)c(-c2ccc(C(N)=O)cc2)nn1C. The van der Waals surface area contributed by atoms with Crippen molar-refractivity contribution in [2.75, 3.05) is 5.32 Å². The number of carbonyl (C=O) groups excluding carboxylic acids is 2. The average molecular weight is 378 g/mol. The largest absolute Gasteiger partial charge is 0.441 e. The Hall–Kier alpha value is -3.61. The first-order chi connectivity index (χ1) is 13.4. The number of nitrogens with two attached hydrogens (primary N) is 1. The van der Waals surface area contributed by atoms with E-state index in [-0.39, 0.29) is 0 Å². The Labute approximate surface area is 163 Å². The van der Waals surface area contributed by atoms with Crippen molar-refractivity contribution in [1.82, 2.24) is 9.78 Å². The molecule has 0 saturated carbocycles. The first-order valence-corrected chi connectivity index (χ1v) is 8.83. The predicted molar refractivity (Wildman–Crippen MR) is 107 cm³/mol. The summed E-state index contributed by atoms with van der Waals surface area (Å²) in [5, 5.41) is 7.28. The van der Waals surface area contributed by atoms with E-state index in [1.54, 1.807) is 36.0 Å². The van der Waals surface area contributed by atoms with E-state index in [1.807, 2.05) is 44.2 Å². The summed E-state index contributed by atoms with van der Waals surface area (Å²) >= 11 is 0. The van der Waals surface area contributed by atoms with E-state index in [0.717, 1.165) is 16.8 Å². The summed E-state index contributed by atoms with van der Waals surface area (Å²) in [5.41, 5.74) is 9.26. The fourth-order valence-electron chi connectivity index (χ4n) is 2.84. The molecule has 0 bridgehead atoms. The van der Waals surface area contributed by atoms with Crippen molar-refractivity contribution in [3.8, 4) is 11.3 Å². The number of ether oxygens (including phenoxy) is 1. The number of hydrogen-bond donors (Lipinski definition) is 2. The quantitative estimate of drug-likeness (QED) is 0.705. The van der Waals surface area contributed by atoms with Gasteiger partial charge in [0.15, 0.2) is 0 Å². The van der Waals surface area contributed by atoms with Crippen molar-refractivity contribution < 1.29 is 14.3 Å². The lowest BCUT2D eigenvalue weighted by molar-refractivity contribution is 0.1000. The molecule has 0 spiro atoms. The van der Waals surface area contributed by atoms with Crippen LogP contribution in [-0.2, 0) is 11.8 Å². The molecule has 2 amide bonds. The van der Waals surface area contributed by atoms with Gasteiger partial charge in [-0.3, -0.25) is 14.8 Å². The highest BCUT2D eigenvalue weighted by Gasteiger charge is 2.19. The molecule has 1 atom stereocenters. The highest BCUT2D eigenvalue weighted by molar-refractivity contribution is 5.94. The Bertz CT molecular complexity index is 994. The molecule has 0 aliphatic carbocycles. The molecule has 0 radical (unpaired) electrons. The van der Waals surface area contributed by atoms with Crippen molar-refractivity contribution >= 4 is 17.7 Å². The van der Waals surface area contributed by atoms with Crippen molar-refractivity contribution in [2.24, 2.45) is 12.8 Å². The number of aryl methyl sites for hydroxylation is 1. The molecule has 1 unspecified atom stereocenters. The van der Waals surface area contributed by atoms with Crippen LogP contribution in [0.25, 0.3) is 11.3 Å². The molecule has 2 aromatic carbocycles. The molecule has 7 heteroatoms. The smallest absolute Gasteiger partial charge is 0.412 e. The zero-order valence-corrected chi connectivity index (χ0v) is 16.0. The predicted octanol–water partition coefficient (Wildman–Crippen LogP) is 3.80. The van der Waals surface area contributed by atoms with E-state index in [9.17, 15) is 9.59 Å². The third-order valence-electron chi connectivity index (χ3n) is 4.56. The summed E-state index contributed by atoms with van der Waals surface area (Å²) in [6.07, 6.45) is -0.959. The molecule has 1 heterocycles. The van der Waals surface area contributed by atoms with Gasteiger partial charge < -0.3 is 10.5 Å². The van der Waals surface area contributed by atoms with Gasteiger partial charge in [0.05, 0.1) is 11.4 Å². The molecule has 0 fully saturated rings. The molecule has 28 heavy (non-hydrogen) atoms. The highest BCUT2D eigenvalue weighted by atomic mass is 16.6. The van der Waals surface area contributed by atoms with Crippen LogP contribution in [0, 0.1) is 6.92 Å². The van der Waals surface area contributed by atoms with Crippen LogP contribution in [-0.4, -0.2) is 21.8 Å². The number of carbonyl (C=O) groups is 2. The lowest BCUT2D eigenvalue weighted by atomic mass is 10.1. The van der Waals surface area contributed by atoms with E-state index >= 15 is 0 Å². The Balaban J connectivity index is 1.82. The Morgan fingerprint density at radius 1 is 1.11 bits per heavy atom. The second-order valence-electron chi connectivity index (χ2n) is 6.46.